The molecule has 0 aliphatic carbocycles. The highest BCUT2D eigenvalue weighted by Crippen LogP contribution is 2.44. The molecule has 12 aromatic rings. The first-order chi connectivity index (χ1) is 29.2. The van der Waals surface area contributed by atoms with Gasteiger partial charge in [-0.25, -0.2) is 0 Å². The van der Waals surface area contributed by atoms with Crippen LogP contribution in [0, 0.1) is 0 Å². The van der Waals surface area contributed by atoms with E-state index in [2.05, 4.69) is 211 Å². The second-order valence-corrected chi connectivity index (χ2v) is 16.3. The third-order valence-electron chi connectivity index (χ3n) is 11.9. The molecular formula is C56H35NOS. The van der Waals surface area contributed by atoms with E-state index in [0.29, 0.717) is 0 Å². The Kier molecular flexibility index (Phi) is 7.75. The van der Waals surface area contributed by atoms with Crippen molar-refractivity contribution in [3.05, 3.63) is 212 Å². The molecule has 10 aromatic carbocycles. The molecule has 0 unspecified atom stereocenters. The second kappa shape index (κ2) is 13.6. The highest BCUT2D eigenvalue weighted by Gasteiger charge is 2.19. The Balaban J connectivity index is 0.967. The van der Waals surface area contributed by atoms with Crippen LogP contribution in [-0.2, 0) is 0 Å². The lowest BCUT2D eigenvalue weighted by atomic mass is 9.98. The zero-order valence-corrected chi connectivity index (χ0v) is 32.8. The molecule has 12 rings (SSSR count). The minimum atomic E-state index is 0.894. The zero-order valence-electron chi connectivity index (χ0n) is 32.0. The number of rotatable bonds is 6. The van der Waals surface area contributed by atoms with Crippen molar-refractivity contribution in [3.63, 3.8) is 0 Å². The Labute approximate surface area is 345 Å². The van der Waals surface area contributed by atoms with Gasteiger partial charge >= 0.3 is 0 Å². The Morgan fingerprint density at radius 3 is 1.68 bits per heavy atom. The van der Waals surface area contributed by atoms with E-state index in [-0.39, 0.29) is 0 Å². The predicted molar refractivity (Wildman–Crippen MR) is 253 cm³/mol. The summed E-state index contributed by atoms with van der Waals surface area (Å²) in [6, 6.07) is 77.0. The molecule has 0 aliphatic heterocycles. The Morgan fingerprint density at radius 1 is 0.339 bits per heavy atom. The molecule has 0 amide bonds. The van der Waals surface area contributed by atoms with Crippen molar-refractivity contribution in [1.82, 2.24) is 0 Å². The summed E-state index contributed by atoms with van der Waals surface area (Å²) in [6.45, 7) is 0. The first-order valence-electron chi connectivity index (χ1n) is 20.1. The van der Waals surface area contributed by atoms with E-state index in [1.54, 1.807) is 0 Å². The van der Waals surface area contributed by atoms with Crippen LogP contribution in [0.3, 0.4) is 0 Å². The Hall–Kier alpha value is -7.46. The molecule has 0 N–H and O–H groups in total. The molecule has 0 fully saturated rings. The van der Waals surface area contributed by atoms with Gasteiger partial charge in [-0.1, -0.05) is 152 Å². The van der Waals surface area contributed by atoms with Crippen molar-refractivity contribution < 1.29 is 4.42 Å². The van der Waals surface area contributed by atoms with Crippen molar-refractivity contribution in [2.24, 2.45) is 0 Å². The molecule has 0 radical (unpaired) electrons. The van der Waals surface area contributed by atoms with Crippen LogP contribution < -0.4 is 4.90 Å². The standard InChI is InChI=1S/C56H35NOS/c1-2-11-38(12-3-1)45-18-10-19-49-50-33-39(25-31-53(50)58-56(45)49)36-21-27-42(28-22-36)57(52-35-41-13-4-5-14-44(41)46-15-6-7-16-47(46)52)43-29-23-37(24-30-43)40-26-32-55-51(34-40)48-17-8-9-20-54(48)59-55/h1-35H. The van der Waals surface area contributed by atoms with E-state index in [9.17, 15) is 0 Å². The first kappa shape index (κ1) is 33.7. The molecule has 276 valence electrons. The van der Waals surface area contributed by atoms with Gasteiger partial charge in [0.15, 0.2) is 0 Å². The molecular weight excluding hydrogens is 735 g/mol. The lowest BCUT2D eigenvalue weighted by molar-refractivity contribution is 0.670. The minimum absolute atomic E-state index is 0.894. The largest absolute Gasteiger partial charge is 0.455 e. The fraction of sp³-hybridized carbons (Fsp3) is 0. The average molecular weight is 770 g/mol. The van der Waals surface area contributed by atoms with Gasteiger partial charge in [-0.3, -0.25) is 0 Å². The smallest absolute Gasteiger partial charge is 0.143 e. The third-order valence-corrected chi connectivity index (χ3v) is 13.0. The van der Waals surface area contributed by atoms with E-state index in [1.807, 2.05) is 17.4 Å². The van der Waals surface area contributed by atoms with Gasteiger partial charge in [0.25, 0.3) is 0 Å². The molecule has 0 spiro atoms. The number of para-hydroxylation sites is 1. The van der Waals surface area contributed by atoms with Gasteiger partial charge in [0.05, 0.1) is 5.69 Å². The summed E-state index contributed by atoms with van der Waals surface area (Å²) in [5, 5.41) is 9.80. The summed E-state index contributed by atoms with van der Waals surface area (Å²) in [6.07, 6.45) is 0. The number of hydrogen-bond acceptors (Lipinski definition) is 3. The summed E-state index contributed by atoms with van der Waals surface area (Å²) in [4.78, 5) is 2.41. The molecule has 2 aromatic heterocycles. The van der Waals surface area contributed by atoms with Crippen molar-refractivity contribution in [2.75, 3.05) is 4.90 Å². The van der Waals surface area contributed by atoms with E-state index < -0.39 is 0 Å². The van der Waals surface area contributed by atoms with Crippen LogP contribution in [-0.4, -0.2) is 0 Å². The minimum Gasteiger partial charge on any atom is -0.455 e. The quantitative estimate of drug-likeness (QED) is 0.157. The number of nitrogens with zero attached hydrogens (tertiary/aromatic N) is 1. The van der Waals surface area contributed by atoms with Crippen LogP contribution >= 0.6 is 11.3 Å². The number of fused-ring (bicyclic) bond motifs is 9. The predicted octanol–water partition coefficient (Wildman–Crippen LogP) is 16.7. The number of benzene rings is 10. The molecule has 2 nitrogen and oxygen atoms in total. The monoisotopic (exact) mass is 769 g/mol. The molecule has 0 aliphatic rings. The van der Waals surface area contributed by atoms with Crippen molar-refractivity contribution in [1.29, 1.82) is 0 Å². The first-order valence-corrected chi connectivity index (χ1v) is 20.9. The third kappa shape index (κ3) is 5.62. The van der Waals surface area contributed by atoms with Gasteiger partial charge in [0, 0.05) is 53.3 Å². The van der Waals surface area contributed by atoms with Gasteiger partial charge in [0.1, 0.15) is 11.2 Å². The molecule has 2 heterocycles. The second-order valence-electron chi connectivity index (χ2n) is 15.3. The molecule has 0 bridgehead atoms. The summed E-state index contributed by atoms with van der Waals surface area (Å²) >= 11 is 1.86. The van der Waals surface area contributed by atoms with Gasteiger partial charge in [-0.05, 0) is 105 Å². The normalized spacial score (nSPS) is 11.7. The molecule has 59 heavy (non-hydrogen) atoms. The topological polar surface area (TPSA) is 16.4 Å². The van der Waals surface area contributed by atoms with Crippen LogP contribution in [0.2, 0.25) is 0 Å². The van der Waals surface area contributed by atoms with Crippen molar-refractivity contribution >= 4 is 92.1 Å². The SMILES string of the molecule is c1ccc(-c2cccc3c2oc2ccc(-c4ccc(N(c5ccc(-c6ccc7sc8ccccc8c7c6)cc5)c5cc6ccccc6c6ccccc56)cc4)cc23)cc1. The van der Waals surface area contributed by atoms with Gasteiger partial charge < -0.3 is 9.32 Å². The highest BCUT2D eigenvalue weighted by atomic mass is 32.1. The van der Waals surface area contributed by atoms with Gasteiger partial charge in [0.2, 0.25) is 0 Å². The molecule has 0 saturated carbocycles. The number of thiophene rings is 1. The lowest BCUT2D eigenvalue weighted by Gasteiger charge is -2.28. The van der Waals surface area contributed by atoms with Crippen LogP contribution in [0.15, 0.2) is 217 Å². The van der Waals surface area contributed by atoms with E-state index >= 15 is 0 Å². The van der Waals surface area contributed by atoms with E-state index in [1.165, 1.54) is 52.8 Å². The van der Waals surface area contributed by atoms with Crippen LogP contribution in [0.5, 0.6) is 0 Å². The maximum Gasteiger partial charge on any atom is 0.143 e. The summed E-state index contributed by atoms with van der Waals surface area (Å²) in [5.41, 5.74) is 12.1. The maximum atomic E-state index is 6.51. The van der Waals surface area contributed by atoms with Crippen LogP contribution in [0.4, 0.5) is 17.1 Å². The number of furan rings is 1. The van der Waals surface area contributed by atoms with Crippen LogP contribution in [0.25, 0.3) is 97.0 Å². The number of hydrogen-bond donors (Lipinski definition) is 0. The highest BCUT2D eigenvalue weighted by molar-refractivity contribution is 7.25. The van der Waals surface area contributed by atoms with Crippen molar-refractivity contribution in [3.8, 4) is 33.4 Å². The maximum absolute atomic E-state index is 6.51. The fourth-order valence-corrected chi connectivity index (χ4v) is 10.1. The van der Waals surface area contributed by atoms with E-state index in [4.69, 9.17) is 4.42 Å². The van der Waals surface area contributed by atoms with Gasteiger partial charge in [-0.2, -0.15) is 0 Å². The Morgan fingerprint density at radius 2 is 0.915 bits per heavy atom. The molecule has 0 atom stereocenters. The molecule has 0 saturated heterocycles. The van der Waals surface area contributed by atoms with Crippen molar-refractivity contribution in [2.45, 2.75) is 0 Å². The molecule has 3 heteroatoms. The van der Waals surface area contributed by atoms with E-state index in [0.717, 1.165) is 61.3 Å². The zero-order chi connectivity index (χ0) is 38.9. The Bertz CT molecular complexity index is 3540. The summed E-state index contributed by atoms with van der Waals surface area (Å²) in [7, 11) is 0. The van der Waals surface area contributed by atoms with Gasteiger partial charge in [-0.15, -0.1) is 11.3 Å². The average Bonchev–Trinajstić information content (AvgIpc) is 3.88. The fourth-order valence-electron chi connectivity index (χ4n) is 8.98. The van der Waals surface area contributed by atoms with Crippen LogP contribution in [0.1, 0.15) is 0 Å². The summed E-state index contributed by atoms with van der Waals surface area (Å²) in [5.74, 6) is 0. The summed E-state index contributed by atoms with van der Waals surface area (Å²) < 4.78 is 9.15. The number of anilines is 3. The lowest BCUT2D eigenvalue weighted by Crippen LogP contribution is -2.10.